The number of thioether (sulfide) groups is 1. The van der Waals surface area contributed by atoms with Crippen molar-refractivity contribution >= 4 is 49.9 Å². The summed E-state index contributed by atoms with van der Waals surface area (Å²) in [6.07, 6.45) is 1.40. The standard InChI is InChI=1S/C22H20N4O4S2/c1-13(2)21-25-26-19(23)17(20(27)24-22(26)31-21)12-15-6-4-5-7-18(15)30-32(28,29)16-10-8-14(3)9-11-16/h4-13,23H,1-3H3/b17-12+,23-19?. The van der Waals surface area contributed by atoms with Gasteiger partial charge in [0.15, 0.2) is 5.84 Å². The first-order valence-electron chi connectivity index (χ1n) is 9.76. The molecule has 1 N–H and O–H groups in total. The Kier molecular flexibility index (Phi) is 5.74. The maximum Gasteiger partial charge on any atom is 0.339 e. The van der Waals surface area contributed by atoms with E-state index in [1.165, 1.54) is 41.0 Å². The lowest BCUT2D eigenvalue weighted by molar-refractivity contribution is -0.114. The van der Waals surface area contributed by atoms with Crippen LogP contribution in [0.2, 0.25) is 0 Å². The maximum absolute atomic E-state index is 12.7. The first-order valence-corrected chi connectivity index (χ1v) is 12.0. The molecule has 0 bridgehead atoms. The van der Waals surface area contributed by atoms with Crippen LogP contribution >= 0.6 is 11.8 Å². The summed E-state index contributed by atoms with van der Waals surface area (Å²) in [7, 11) is -4.08. The number of hydrogen-bond acceptors (Lipinski definition) is 7. The summed E-state index contributed by atoms with van der Waals surface area (Å²) in [5, 5.41) is 15.3. The van der Waals surface area contributed by atoms with Crippen molar-refractivity contribution in [2.45, 2.75) is 25.7 Å². The number of aliphatic imine (C=N–C) groups is 1. The Morgan fingerprint density at radius 1 is 1.12 bits per heavy atom. The van der Waals surface area contributed by atoms with Gasteiger partial charge in [0.25, 0.3) is 5.91 Å². The van der Waals surface area contributed by atoms with E-state index in [2.05, 4.69) is 10.1 Å². The van der Waals surface area contributed by atoms with Gasteiger partial charge in [0.1, 0.15) is 15.7 Å². The average Bonchev–Trinajstić information content (AvgIpc) is 3.17. The molecular formula is C22H20N4O4S2. The lowest BCUT2D eigenvalue weighted by atomic mass is 10.1. The Hall–Kier alpha value is -3.24. The summed E-state index contributed by atoms with van der Waals surface area (Å²) in [6, 6.07) is 12.7. The molecule has 0 saturated carbocycles. The molecule has 0 saturated heterocycles. The zero-order valence-corrected chi connectivity index (χ0v) is 19.2. The second-order valence-corrected chi connectivity index (χ2v) is 10.0. The summed E-state index contributed by atoms with van der Waals surface area (Å²) in [5.74, 6) is -0.549. The van der Waals surface area contributed by atoms with E-state index < -0.39 is 16.0 Å². The van der Waals surface area contributed by atoms with Gasteiger partial charge in [-0.25, -0.2) is 0 Å². The molecule has 8 nitrogen and oxygen atoms in total. The summed E-state index contributed by atoms with van der Waals surface area (Å²) in [5.41, 5.74) is 1.24. The molecule has 0 aliphatic carbocycles. The SMILES string of the molecule is Cc1ccc(S(=O)(=O)Oc2ccccc2/C=C2\C(=N)N3N=C(C(C)C)SC3=NC2=O)cc1. The van der Waals surface area contributed by atoms with Crippen molar-refractivity contribution in [3.05, 3.63) is 65.2 Å². The van der Waals surface area contributed by atoms with Gasteiger partial charge < -0.3 is 4.18 Å². The number of nitrogens with one attached hydrogen (secondary N) is 1. The lowest BCUT2D eigenvalue weighted by Crippen LogP contribution is -2.35. The van der Waals surface area contributed by atoms with E-state index in [-0.39, 0.29) is 28.0 Å². The van der Waals surface area contributed by atoms with E-state index >= 15 is 0 Å². The molecule has 2 aliphatic rings. The Labute approximate surface area is 190 Å². The second kappa shape index (κ2) is 8.36. The highest BCUT2D eigenvalue weighted by molar-refractivity contribution is 8.27. The van der Waals surface area contributed by atoms with Gasteiger partial charge in [0.05, 0.1) is 5.57 Å². The van der Waals surface area contributed by atoms with E-state index in [1.807, 2.05) is 20.8 Å². The Bertz CT molecular complexity index is 1310. The largest absolute Gasteiger partial charge is 0.378 e. The van der Waals surface area contributed by atoms with Crippen LogP contribution in [0, 0.1) is 18.3 Å². The molecule has 0 aromatic heterocycles. The summed E-state index contributed by atoms with van der Waals surface area (Å²) in [4.78, 5) is 16.7. The lowest BCUT2D eigenvalue weighted by Gasteiger charge is -2.20. The predicted molar refractivity (Wildman–Crippen MR) is 125 cm³/mol. The van der Waals surface area contributed by atoms with Crippen LogP contribution in [0.3, 0.4) is 0 Å². The number of aryl methyl sites for hydroxylation is 1. The summed E-state index contributed by atoms with van der Waals surface area (Å²) < 4.78 is 30.8. The van der Waals surface area contributed by atoms with E-state index in [4.69, 9.17) is 9.59 Å². The van der Waals surface area contributed by atoms with Crippen LogP contribution in [0.4, 0.5) is 0 Å². The first-order chi connectivity index (χ1) is 15.2. The number of carbonyl (C=O) groups excluding carboxylic acids is 1. The Morgan fingerprint density at radius 2 is 1.81 bits per heavy atom. The van der Waals surface area contributed by atoms with Crippen molar-refractivity contribution in [3.63, 3.8) is 0 Å². The number of rotatable bonds is 5. The minimum Gasteiger partial charge on any atom is -0.378 e. The van der Waals surface area contributed by atoms with Crippen molar-refractivity contribution in [1.82, 2.24) is 5.01 Å². The molecule has 1 amide bonds. The first kappa shape index (κ1) is 22.0. The maximum atomic E-state index is 12.7. The van der Waals surface area contributed by atoms with Crippen LogP contribution in [0.1, 0.15) is 25.0 Å². The fourth-order valence-electron chi connectivity index (χ4n) is 2.94. The minimum absolute atomic E-state index is 0.00751. The van der Waals surface area contributed by atoms with Crippen LogP contribution in [-0.2, 0) is 14.9 Å². The van der Waals surface area contributed by atoms with Gasteiger partial charge in [-0.3, -0.25) is 10.2 Å². The third-order valence-electron chi connectivity index (χ3n) is 4.69. The van der Waals surface area contributed by atoms with Gasteiger partial charge in [-0.1, -0.05) is 49.7 Å². The van der Waals surface area contributed by atoms with Crippen LogP contribution in [-0.4, -0.2) is 35.4 Å². The van der Waals surface area contributed by atoms with Crippen molar-refractivity contribution in [3.8, 4) is 5.75 Å². The number of benzene rings is 2. The van der Waals surface area contributed by atoms with E-state index in [0.717, 1.165) is 10.6 Å². The molecule has 10 heteroatoms. The molecule has 0 fully saturated rings. The molecule has 4 rings (SSSR count). The van der Waals surface area contributed by atoms with E-state index in [1.54, 1.807) is 30.3 Å². The molecule has 2 heterocycles. The molecule has 2 aliphatic heterocycles. The zero-order valence-electron chi connectivity index (χ0n) is 17.6. The monoisotopic (exact) mass is 468 g/mol. The number of carbonyl (C=O) groups is 1. The number of amidine groups is 2. The number of nitrogens with zero attached hydrogens (tertiary/aromatic N) is 3. The van der Waals surface area contributed by atoms with Gasteiger partial charge in [-0.15, -0.1) is 0 Å². The molecule has 0 atom stereocenters. The quantitative estimate of drug-likeness (QED) is 0.524. The molecule has 32 heavy (non-hydrogen) atoms. The van der Waals surface area contributed by atoms with Crippen molar-refractivity contribution in [1.29, 1.82) is 5.41 Å². The zero-order chi connectivity index (χ0) is 23.0. The highest BCUT2D eigenvalue weighted by atomic mass is 32.2. The van der Waals surface area contributed by atoms with Gasteiger partial charge in [-0.05, 0) is 43.0 Å². The summed E-state index contributed by atoms with van der Waals surface area (Å²) in [6.45, 7) is 5.79. The molecule has 164 valence electrons. The minimum atomic E-state index is -4.08. The van der Waals surface area contributed by atoms with Crippen LogP contribution in [0.15, 0.2) is 69.1 Å². The Balaban J connectivity index is 1.68. The average molecular weight is 469 g/mol. The van der Waals surface area contributed by atoms with Gasteiger partial charge >= 0.3 is 10.1 Å². The van der Waals surface area contributed by atoms with Crippen LogP contribution < -0.4 is 4.18 Å². The molecule has 2 aromatic rings. The van der Waals surface area contributed by atoms with E-state index in [9.17, 15) is 13.2 Å². The highest BCUT2D eigenvalue weighted by Gasteiger charge is 2.36. The van der Waals surface area contributed by atoms with Crippen LogP contribution in [0.25, 0.3) is 6.08 Å². The van der Waals surface area contributed by atoms with Crippen LogP contribution in [0.5, 0.6) is 5.75 Å². The smallest absolute Gasteiger partial charge is 0.339 e. The van der Waals surface area contributed by atoms with Gasteiger partial charge in [0.2, 0.25) is 5.17 Å². The molecule has 0 spiro atoms. The fourth-order valence-corrected chi connectivity index (χ4v) is 4.79. The van der Waals surface area contributed by atoms with Crippen molar-refractivity contribution in [2.24, 2.45) is 16.0 Å². The molecule has 0 unspecified atom stereocenters. The normalized spacial score (nSPS) is 17.5. The molecule has 2 aromatic carbocycles. The number of amides is 1. The third kappa shape index (κ3) is 4.23. The highest BCUT2D eigenvalue weighted by Crippen LogP contribution is 2.32. The van der Waals surface area contributed by atoms with Gasteiger partial charge in [-0.2, -0.15) is 23.5 Å². The molecular weight excluding hydrogens is 448 g/mol. The number of hydrogen-bond donors (Lipinski definition) is 1. The number of fused-ring (bicyclic) bond motifs is 1. The van der Waals surface area contributed by atoms with E-state index in [0.29, 0.717) is 10.7 Å². The fraction of sp³-hybridized carbons (Fsp3) is 0.182. The Morgan fingerprint density at radius 3 is 2.50 bits per heavy atom. The molecule has 0 radical (unpaired) electrons. The number of hydrazone groups is 1. The topological polar surface area (TPSA) is 112 Å². The van der Waals surface area contributed by atoms with Crippen molar-refractivity contribution < 1.29 is 17.4 Å². The third-order valence-corrected chi connectivity index (χ3v) is 7.15. The van der Waals surface area contributed by atoms with Crippen molar-refractivity contribution in [2.75, 3.05) is 0 Å². The van der Waals surface area contributed by atoms with Gasteiger partial charge in [0, 0.05) is 11.5 Å². The predicted octanol–water partition coefficient (Wildman–Crippen LogP) is 4.04. The second-order valence-electron chi connectivity index (χ2n) is 7.50. The number of para-hydroxylation sites is 1. The summed E-state index contributed by atoms with van der Waals surface area (Å²) >= 11 is 1.26.